The molecular weight excluding hydrogens is 453 g/mol. The molecule has 2 aliphatic rings. The molecule has 0 spiro atoms. The van der Waals surface area contributed by atoms with E-state index in [4.69, 9.17) is 0 Å². The summed E-state index contributed by atoms with van der Waals surface area (Å²) in [4.78, 5) is 6.70. The van der Waals surface area contributed by atoms with Gasteiger partial charge in [-0.25, -0.2) is 12.7 Å². The number of sulfonamides is 1. The number of nitrogens with one attached hydrogen (secondary N) is 2. The van der Waals surface area contributed by atoms with Gasteiger partial charge in [0.25, 0.3) is 0 Å². The molecule has 0 radical (unpaired) electrons. The predicted octanol–water partition coefficient (Wildman–Crippen LogP) is 0.925. The molecular formula is C16H34IN5O2S. The zero-order valence-corrected chi connectivity index (χ0v) is 18.8. The molecule has 0 bridgehead atoms. The first kappa shape index (κ1) is 22.9. The highest BCUT2D eigenvalue weighted by molar-refractivity contribution is 14.0. The fourth-order valence-corrected chi connectivity index (χ4v) is 4.66. The van der Waals surface area contributed by atoms with Gasteiger partial charge in [0.1, 0.15) is 0 Å². The Hall–Kier alpha value is -0.130. The van der Waals surface area contributed by atoms with Crippen LogP contribution in [0.2, 0.25) is 0 Å². The molecule has 1 unspecified atom stereocenters. The van der Waals surface area contributed by atoms with Crippen LogP contribution in [0.25, 0.3) is 0 Å². The maximum Gasteiger partial charge on any atom is 0.213 e. The van der Waals surface area contributed by atoms with E-state index in [-0.39, 0.29) is 35.8 Å². The van der Waals surface area contributed by atoms with E-state index in [1.165, 1.54) is 19.4 Å². The minimum atomic E-state index is -3.05. The van der Waals surface area contributed by atoms with Crippen LogP contribution >= 0.6 is 24.0 Å². The molecule has 2 heterocycles. The Bertz CT molecular complexity index is 521. The van der Waals surface area contributed by atoms with E-state index in [0.29, 0.717) is 19.0 Å². The van der Waals surface area contributed by atoms with E-state index >= 15 is 0 Å². The quantitative estimate of drug-likeness (QED) is 0.343. The average Bonchev–Trinajstić information content (AvgIpc) is 2.59. The van der Waals surface area contributed by atoms with E-state index < -0.39 is 10.0 Å². The van der Waals surface area contributed by atoms with Gasteiger partial charge >= 0.3 is 0 Å². The SMILES string of the molecule is CCS(=O)(=O)N1CCC(NC(=NC)NCC2CCCN(C)C2)CC1.I. The number of rotatable bonds is 5. The topological polar surface area (TPSA) is 77.0 Å². The average molecular weight is 487 g/mol. The van der Waals surface area contributed by atoms with Crippen molar-refractivity contribution in [3.63, 3.8) is 0 Å². The Morgan fingerprint density at radius 2 is 1.88 bits per heavy atom. The second-order valence-electron chi connectivity index (χ2n) is 6.94. The van der Waals surface area contributed by atoms with Crippen molar-refractivity contribution in [3.8, 4) is 0 Å². The summed E-state index contributed by atoms with van der Waals surface area (Å²) in [5, 5.41) is 6.89. The van der Waals surface area contributed by atoms with Crippen LogP contribution in [0.5, 0.6) is 0 Å². The van der Waals surface area contributed by atoms with E-state index in [9.17, 15) is 8.42 Å². The molecule has 25 heavy (non-hydrogen) atoms. The highest BCUT2D eigenvalue weighted by Gasteiger charge is 2.27. The van der Waals surface area contributed by atoms with Crippen LogP contribution in [0.3, 0.4) is 0 Å². The molecule has 1 atom stereocenters. The Morgan fingerprint density at radius 1 is 1.20 bits per heavy atom. The minimum absolute atomic E-state index is 0. The Balaban J connectivity index is 0.00000312. The summed E-state index contributed by atoms with van der Waals surface area (Å²) in [6.07, 6.45) is 4.18. The lowest BCUT2D eigenvalue weighted by Crippen LogP contribution is -2.51. The van der Waals surface area contributed by atoms with Gasteiger partial charge in [-0.15, -0.1) is 24.0 Å². The lowest BCUT2D eigenvalue weighted by Gasteiger charge is -2.33. The van der Waals surface area contributed by atoms with E-state index in [1.807, 2.05) is 0 Å². The first-order valence-electron chi connectivity index (χ1n) is 9.08. The van der Waals surface area contributed by atoms with Crippen LogP contribution in [-0.4, -0.2) is 82.2 Å². The van der Waals surface area contributed by atoms with Crippen LogP contribution in [-0.2, 0) is 10.0 Å². The van der Waals surface area contributed by atoms with Crippen LogP contribution in [0, 0.1) is 5.92 Å². The third kappa shape index (κ3) is 7.18. The van der Waals surface area contributed by atoms with Gasteiger partial charge in [0.2, 0.25) is 10.0 Å². The molecule has 148 valence electrons. The lowest BCUT2D eigenvalue weighted by molar-refractivity contribution is 0.210. The number of nitrogens with zero attached hydrogens (tertiary/aromatic N) is 3. The standard InChI is InChI=1S/C16H33N5O2S.HI/c1-4-24(22,23)21-10-7-15(8-11-21)19-16(17-2)18-12-14-6-5-9-20(3)13-14;/h14-15H,4-13H2,1-3H3,(H2,17,18,19);1H. The molecule has 2 rings (SSSR count). The monoisotopic (exact) mass is 487 g/mol. The number of hydrogen-bond donors (Lipinski definition) is 2. The molecule has 2 N–H and O–H groups in total. The molecule has 0 amide bonds. The zero-order valence-electron chi connectivity index (χ0n) is 15.7. The Kier molecular flexibility index (Phi) is 9.97. The van der Waals surface area contributed by atoms with E-state index in [0.717, 1.165) is 31.9 Å². The highest BCUT2D eigenvalue weighted by Crippen LogP contribution is 2.15. The fraction of sp³-hybridized carbons (Fsp3) is 0.938. The van der Waals surface area contributed by atoms with Crippen LogP contribution in [0.1, 0.15) is 32.6 Å². The fourth-order valence-electron chi connectivity index (χ4n) is 3.53. The summed E-state index contributed by atoms with van der Waals surface area (Å²) in [7, 11) is 0.915. The minimum Gasteiger partial charge on any atom is -0.356 e. The summed E-state index contributed by atoms with van der Waals surface area (Å²) < 4.78 is 25.4. The molecule has 9 heteroatoms. The second kappa shape index (κ2) is 10.9. The molecule has 0 aromatic rings. The van der Waals surface area contributed by atoms with Crippen molar-refractivity contribution in [1.82, 2.24) is 19.8 Å². The van der Waals surface area contributed by atoms with E-state index in [1.54, 1.807) is 18.3 Å². The van der Waals surface area contributed by atoms with Crippen molar-refractivity contribution >= 4 is 40.0 Å². The van der Waals surface area contributed by atoms with Crippen molar-refractivity contribution in [2.45, 2.75) is 38.6 Å². The molecule has 0 aliphatic carbocycles. The smallest absolute Gasteiger partial charge is 0.213 e. The summed E-state index contributed by atoms with van der Waals surface area (Å²) in [6, 6.07) is 0.286. The van der Waals surface area contributed by atoms with Gasteiger partial charge < -0.3 is 15.5 Å². The summed E-state index contributed by atoms with van der Waals surface area (Å²) in [5.41, 5.74) is 0. The van der Waals surface area contributed by atoms with Gasteiger partial charge in [0.15, 0.2) is 5.96 Å². The molecule has 0 aromatic heterocycles. The largest absolute Gasteiger partial charge is 0.356 e. The summed E-state index contributed by atoms with van der Waals surface area (Å²) in [6.45, 7) is 6.16. The molecule has 0 saturated carbocycles. The van der Waals surface area contributed by atoms with Crippen LogP contribution in [0.4, 0.5) is 0 Å². The summed E-state index contributed by atoms with van der Waals surface area (Å²) >= 11 is 0. The van der Waals surface area contributed by atoms with Gasteiger partial charge in [-0.1, -0.05) is 0 Å². The van der Waals surface area contributed by atoms with Crippen molar-refractivity contribution in [1.29, 1.82) is 0 Å². The Morgan fingerprint density at radius 3 is 2.44 bits per heavy atom. The van der Waals surface area contributed by atoms with Crippen LogP contribution < -0.4 is 10.6 Å². The number of guanidine groups is 1. The van der Waals surface area contributed by atoms with Crippen molar-refractivity contribution < 1.29 is 8.42 Å². The first-order valence-corrected chi connectivity index (χ1v) is 10.7. The maximum atomic E-state index is 11.9. The van der Waals surface area contributed by atoms with Crippen molar-refractivity contribution in [2.24, 2.45) is 10.9 Å². The number of halogens is 1. The number of hydrogen-bond acceptors (Lipinski definition) is 4. The zero-order chi connectivity index (χ0) is 17.6. The molecule has 2 fully saturated rings. The third-order valence-electron chi connectivity index (χ3n) is 5.06. The number of aliphatic imine (C=N–C) groups is 1. The lowest BCUT2D eigenvalue weighted by atomic mass is 9.98. The van der Waals surface area contributed by atoms with Gasteiger partial charge in [-0.2, -0.15) is 0 Å². The van der Waals surface area contributed by atoms with Crippen molar-refractivity contribution in [2.75, 3.05) is 52.6 Å². The molecule has 7 nitrogen and oxygen atoms in total. The normalized spacial score (nSPS) is 24.6. The number of piperidine rings is 2. The second-order valence-corrected chi connectivity index (χ2v) is 9.20. The molecule has 0 aromatic carbocycles. The van der Waals surface area contributed by atoms with Gasteiger partial charge in [0, 0.05) is 39.3 Å². The van der Waals surface area contributed by atoms with Gasteiger partial charge in [-0.3, -0.25) is 4.99 Å². The Labute approximate surface area is 170 Å². The van der Waals surface area contributed by atoms with Gasteiger partial charge in [0.05, 0.1) is 5.75 Å². The first-order chi connectivity index (χ1) is 11.4. The van der Waals surface area contributed by atoms with Crippen molar-refractivity contribution in [3.05, 3.63) is 0 Å². The predicted molar refractivity (Wildman–Crippen MR) is 114 cm³/mol. The van der Waals surface area contributed by atoms with Crippen LogP contribution in [0.15, 0.2) is 4.99 Å². The summed E-state index contributed by atoms with van der Waals surface area (Å²) in [5.74, 6) is 1.68. The van der Waals surface area contributed by atoms with Gasteiger partial charge in [-0.05, 0) is 52.1 Å². The number of likely N-dealkylation sites (tertiary alicyclic amines) is 1. The third-order valence-corrected chi connectivity index (χ3v) is 6.94. The molecule has 2 saturated heterocycles. The maximum absolute atomic E-state index is 11.9. The molecule has 2 aliphatic heterocycles. The van der Waals surface area contributed by atoms with E-state index in [2.05, 4.69) is 27.6 Å². The highest BCUT2D eigenvalue weighted by atomic mass is 127.